The number of carbonyl (C=O) groups excluding carboxylic acids is 3. The smallest absolute Gasteiger partial charge is 0.264 e. The highest BCUT2D eigenvalue weighted by molar-refractivity contribution is 6.72. The quantitative estimate of drug-likeness (QED) is 0.149. The fraction of sp³-hybridized carbons (Fsp3) is 0.341. The monoisotopic (exact) mass is 721 g/mol. The molecule has 52 heavy (non-hydrogen) atoms. The lowest BCUT2D eigenvalue weighted by Crippen LogP contribution is -2.48. The molecule has 3 aliphatic heterocycles. The van der Waals surface area contributed by atoms with E-state index in [0.29, 0.717) is 41.2 Å². The Morgan fingerprint density at radius 1 is 1.00 bits per heavy atom. The Balaban J connectivity index is 1.25. The highest BCUT2D eigenvalue weighted by atomic mass is 28.4. The van der Waals surface area contributed by atoms with Crippen LogP contribution < -0.4 is 15.0 Å². The van der Waals surface area contributed by atoms with E-state index in [1.807, 2.05) is 61.5 Å². The molecule has 4 aromatic rings. The van der Waals surface area contributed by atoms with Crippen LogP contribution in [-0.4, -0.2) is 62.0 Å². The standard InChI is InChI=1S/C41H44FN3O6Si/c1-26-38(52(3,4)42)36(22-37(47)44-24-30-13-9-8-12-29(30)20-32(44)25-46)51-41(26)34-21-31(43-39(48)28-14-17-33(50-2)18-15-28)16-19-35(34)45(40(41)49)23-27-10-6-5-7-11-27/h5-19,21,26,32,36,38,46H,20,22-25H2,1-4H3,(H,43,48)/t26-,32-,36+,38-,41+/m0/s1. The Morgan fingerprint density at radius 3 is 2.37 bits per heavy atom. The molecule has 0 radical (unpaired) electrons. The molecule has 0 aliphatic carbocycles. The van der Waals surface area contributed by atoms with Gasteiger partial charge in [0.2, 0.25) is 14.3 Å². The second-order valence-electron chi connectivity index (χ2n) is 14.6. The van der Waals surface area contributed by atoms with Crippen LogP contribution in [0, 0.1) is 5.92 Å². The molecule has 0 unspecified atom stereocenters. The van der Waals surface area contributed by atoms with E-state index in [4.69, 9.17) is 9.47 Å². The molecule has 2 N–H and O–H groups in total. The van der Waals surface area contributed by atoms with Gasteiger partial charge in [-0.15, -0.1) is 0 Å². The maximum atomic E-state index is 16.6. The van der Waals surface area contributed by atoms with Gasteiger partial charge in [-0.25, -0.2) is 0 Å². The first kappa shape index (κ1) is 35.6. The SMILES string of the molecule is COc1ccc(C(=O)Nc2ccc3c(c2)[C@@]2(O[C@H](CC(=O)N4Cc5ccccc5C[C@H]4CO)[C@@H]([Si](C)(C)F)[C@@H]2C)C(=O)N3Cc2ccccc2)cc1. The molecule has 11 heteroatoms. The number of hydrogen-bond acceptors (Lipinski definition) is 6. The lowest BCUT2D eigenvalue weighted by molar-refractivity contribution is -0.151. The van der Waals surface area contributed by atoms with Crippen LogP contribution in [0.2, 0.25) is 18.6 Å². The summed E-state index contributed by atoms with van der Waals surface area (Å²) in [7, 11) is -2.02. The molecule has 1 spiro atoms. The molecule has 0 saturated carbocycles. The molecule has 1 saturated heterocycles. The third kappa shape index (κ3) is 6.31. The van der Waals surface area contributed by atoms with E-state index in [-0.39, 0.29) is 37.3 Å². The summed E-state index contributed by atoms with van der Waals surface area (Å²) in [6, 6.07) is 29.1. The first-order valence-electron chi connectivity index (χ1n) is 17.7. The van der Waals surface area contributed by atoms with Crippen molar-refractivity contribution in [1.82, 2.24) is 4.90 Å². The van der Waals surface area contributed by atoms with Crippen molar-refractivity contribution >= 4 is 37.5 Å². The fourth-order valence-corrected chi connectivity index (χ4v) is 11.0. The summed E-state index contributed by atoms with van der Waals surface area (Å²) in [5, 5.41) is 13.3. The third-order valence-electron chi connectivity index (χ3n) is 11.0. The van der Waals surface area contributed by atoms with Gasteiger partial charge < -0.3 is 33.8 Å². The first-order valence-corrected chi connectivity index (χ1v) is 20.7. The van der Waals surface area contributed by atoms with E-state index in [1.54, 1.807) is 72.5 Å². The average Bonchev–Trinajstić information content (AvgIpc) is 3.57. The predicted molar refractivity (Wildman–Crippen MR) is 199 cm³/mol. The number of fused-ring (bicyclic) bond motifs is 3. The summed E-state index contributed by atoms with van der Waals surface area (Å²) in [6.45, 7) is 5.46. The number of ether oxygens (including phenoxy) is 2. The summed E-state index contributed by atoms with van der Waals surface area (Å²) in [5.74, 6) is -0.927. The Morgan fingerprint density at radius 2 is 1.69 bits per heavy atom. The van der Waals surface area contributed by atoms with Crippen LogP contribution in [-0.2, 0) is 39.4 Å². The molecule has 0 bridgehead atoms. The normalized spacial score (nSPS) is 23.8. The van der Waals surface area contributed by atoms with Gasteiger partial charge in [0.1, 0.15) is 5.75 Å². The summed E-state index contributed by atoms with van der Waals surface area (Å²) in [4.78, 5) is 45.8. The van der Waals surface area contributed by atoms with E-state index in [2.05, 4.69) is 5.32 Å². The summed E-state index contributed by atoms with van der Waals surface area (Å²) >= 11 is 0. The van der Waals surface area contributed by atoms with Crippen molar-refractivity contribution in [3.8, 4) is 5.75 Å². The topological polar surface area (TPSA) is 108 Å². The van der Waals surface area contributed by atoms with Crippen molar-refractivity contribution in [3.05, 3.63) is 125 Å². The molecule has 3 aliphatic rings. The van der Waals surface area contributed by atoms with E-state index in [1.165, 1.54) is 0 Å². The second kappa shape index (κ2) is 13.9. The molecule has 4 aromatic carbocycles. The third-order valence-corrected chi connectivity index (χ3v) is 13.5. The van der Waals surface area contributed by atoms with Gasteiger partial charge in [-0.2, -0.15) is 0 Å². The van der Waals surface area contributed by atoms with Gasteiger partial charge in [0.15, 0.2) is 5.60 Å². The molecule has 1 fully saturated rings. The zero-order chi connectivity index (χ0) is 36.8. The Labute approximate surface area is 304 Å². The Bertz CT molecular complexity index is 1990. The molecule has 270 valence electrons. The van der Waals surface area contributed by atoms with Crippen LogP contribution in [0.4, 0.5) is 15.5 Å². The number of aliphatic hydroxyl groups excluding tert-OH is 1. The summed E-state index contributed by atoms with van der Waals surface area (Å²) in [6.07, 6.45) is -0.510. The highest BCUT2D eigenvalue weighted by Crippen LogP contribution is 2.60. The summed E-state index contributed by atoms with van der Waals surface area (Å²) in [5.41, 5.74) is 2.73. The second-order valence-corrected chi connectivity index (χ2v) is 18.4. The number of carbonyl (C=O) groups is 3. The maximum Gasteiger partial charge on any atom is 0.264 e. The number of aliphatic hydroxyl groups is 1. The van der Waals surface area contributed by atoms with Crippen molar-refractivity contribution < 1.29 is 33.1 Å². The molecule has 3 heterocycles. The number of methoxy groups -OCH3 is 1. The zero-order valence-corrected chi connectivity index (χ0v) is 30.8. The molecule has 0 aromatic heterocycles. The molecule has 3 amide bonds. The van der Waals surface area contributed by atoms with Crippen LogP contribution in [0.1, 0.15) is 46.0 Å². The number of halogens is 1. The lowest BCUT2D eigenvalue weighted by atomic mass is 9.82. The predicted octanol–water partition coefficient (Wildman–Crippen LogP) is 6.61. The number of benzene rings is 4. The minimum atomic E-state index is -3.58. The van der Waals surface area contributed by atoms with E-state index in [0.717, 1.165) is 16.7 Å². The van der Waals surface area contributed by atoms with Crippen LogP contribution in [0.3, 0.4) is 0 Å². The fourth-order valence-electron chi connectivity index (χ4n) is 8.53. The minimum absolute atomic E-state index is 0.134. The van der Waals surface area contributed by atoms with Gasteiger partial charge in [0.25, 0.3) is 11.8 Å². The number of anilines is 2. The minimum Gasteiger partial charge on any atom is -0.497 e. The molecule has 5 atom stereocenters. The summed E-state index contributed by atoms with van der Waals surface area (Å²) < 4.78 is 28.7. The lowest BCUT2D eigenvalue weighted by Gasteiger charge is -2.37. The van der Waals surface area contributed by atoms with Crippen molar-refractivity contribution in [1.29, 1.82) is 0 Å². The van der Waals surface area contributed by atoms with Crippen molar-refractivity contribution in [3.63, 3.8) is 0 Å². The van der Waals surface area contributed by atoms with Gasteiger partial charge in [-0.3, -0.25) is 14.4 Å². The van der Waals surface area contributed by atoms with Gasteiger partial charge >= 0.3 is 0 Å². The Kier molecular flexibility index (Phi) is 9.53. The number of amides is 3. The van der Waals surface area contributed by atoms with Gasteiger partial charge in [-0.1, -0.05) is 61.5 Å². The maximum absolute atomic E-state index is 16.6. The molecule has 7 rings (SSSR count). The molecular formula is C41H44FN3O6Si. The van der Waals surface area contributed by atoms with Crippen molar-refractivity contribution in [2.45, 2.75) is 69.2 Å². The van der Waals surface area contributed by atoms with Crippen LogP contribution in [0.15, 0.2) is 97.1 Å². The van der Waals surface area contributed by atoms with Gasteiger partial charge in [0.05, 0.1) is 44.5 Å². The van der Waals surface area contributed by atoms with Gasteiger partial charge in [-0.05, 0) is 78.7 Å². The first-order chi connectivity index (χ1) is 24.9. The number of nitrogens with zero attached hydrogens (tertiary/aromatic N) is 2. The van der Waals surface area contributed by atoms with E-state index in [9.17, 15) is 19.5 Å². The highest BCUT2D eigenvalue weighted by Gasteiger charge is 2.67. The molecule has 9 nitrogen and oxygen atoms in total. The largest absolute Gasteiger partial charge is 0.497 e. The number of hydrogen-bond donors (Lipinski definition) is 2. The average molecular weight is 722 g/mol. The zero-order valence-electron chi connectivity index (χ0n) is 29.8. The van der Waals surface area contributed by atoms with Crippen LogP contribution in [0.25, 0.3) is 0 Å². The van der Waals surface area contributed by atoms with E-state index >= 15 is 4.11 Å². The van der Waals surface area contributed by atoms with Crippen molar-refractivity contribution in [2.24, 2.45) is 5.92 Å². The van der Waals surface area contributed by atoms with E-state index < -0.39 is 37.6 Å². The van der Waals surface area contributed by atoms with Crippen LogP contribution >= 0.6 is 0 Å². The number of nitrogens with one attached hydrogen (secondary N) is 1. The Hall–Kier alpha value is -4.84. The van der Waals surface area contributed by atoms with Crippen LogP contribution in [0.5, 0.6) is 5.75 Å². The van der Waals surface area contributed by atoms with Crippen molar-refractivity contribution in [2.75, 3.05) is 23.9 Å². The number of rotatable bonds is 9. The molecular weight excluding hydrogens is 678 g/mol. The van der Waals surface area contributed by atoms with Gasteiger partial charge in [0, 0.05) is 34.8 Å².